The molecule has 2 rings (SSSR count). The molecule has 0 aliphatic rings. The molecule has 5 nitrogen and oxygen atoms in total. The molecule has 2 N–H and O–H groups in total. The fraction of sp³-hybridized carbons (Fsp3) is 0.0909. The third-order valence-corrected chi connectivity index (χ3v) is 2.70. The summed E-state index contributed by atoms with van der Waals surface area (Å²) in [6.45, 7) is -0.0113. The van der Waals surface area contributed by atoms with E-state index in [2.05, 4.69) is 9.97 Å². The van der Waals surface area contributed by atoms with Crippen LogP contribution in [0.25, 0.3) is 0 Å². The van der Waals surface area contributed by atoms with Crippen molar-refractivity contribution in [2.75, 3.05) is 0 Å². The number of benzene rings is 1. The topological polar surface area (TPSA) is 75.0 Å². The van der Waals surface area contributed by atoms with Crippen LogP contribution >= 0.6 is 23.2 Å². The number of hydrogen-bond donors (Lipinski definition) is 2. The summed E-state index contributed by atoms with van der Waals surface area (Å²) < 4.78 is 5.38. The van der Waals surface area contributed by atoms with Gasteiger partial charge in [0.15, 0.2) is 5.75 Å². The molecule has 0 atom stereocenters. The third kappa shape index (κ3) is 2.94. The monoisotopic (exact) mass is 286 g/mol. The van der Waals surface area contributed by atoms with Gasteiger partial charge in [-0.2, -0.15) is 0 Å². The van der Waals surface area contributed by atoms with Gasteiger partial charge in [0.05, 0.1) is 15.7 Å². The minimum Gasteiger partial charge on any atom is -0.484 e. The summed E-state index contributed by atoms with van der Waals surface area (Å²) in [6.07, 6.45) is 0. The summed E-state index contributed by atoms with van der Waals surface area (Å²) in [4.78, 5) is 26.6. The van der Waals surface area contributed by atoms with Crippen molar-refractivity contribution in [2.24, 2.45) is 0 Å². The summed E-state index contributed by atoms with van der Waals surface area (Å²) in [7, 11) is 0. The smallest absolute Gasteiger partial charge is 0.326 e. The SMILES string of the molecule is O=c1cc(COc2c(Cl)cccc2Cl)[nH]c(=O)[nH]1. The Morgan fingerprint density at radius 1 is 1.11 bits per heavy atom. The number of rotatable bonds is 3. The number of para-hydroxylation sites is 1. The minimum atomic E-state index is -0.591. The van der Waals surface area contributed by atoms with Gasteiger partial charge in [-0.15, -0.1) is 0 Å². The molecule has 7 heteroatoms. The molecule has 1 heterocycles. The Labute approximate surface area is 111 Å². The van der Waals surface area contributed by atoms with Gasteiger partial charge in [0.25, 0.3) is 5.56 Å². The molecule has 0 saturated carbocycles. The largest absolute Gasteiger partial charge is 0.484 e. The summed E-state index contributed by atoms with van der Waals surface area (Å²) in [6, 6.07) is 6.17. The van der Waals surface area contributed by atoms with Crippen LogP contribution in [0.2, 0.25) is 10.0 Å². The molecule has 2 aromatic rings. The molecule has 1 aromatic carbocycles. The molecule has 0 saturated heterocycles. The van der Waals surface area contributed by atoms with Crippen molar-refractivity contribution < 1.29 is 4.74 Å². The quantitative estimate of drug-likeness (QED) is 0.906. The maximum atomic E-state index is 11.1. The molecular formula is C11H8Cl2N2O3. The van der Waals surface area contributed by atoms with Crippen molar-refractivity contribution in [1.82, 2.24) is 9.97 Å². The molecule has 18 heavy (non-hydrogen) atoms. The molecule has 0 spiro atoms. The van der Waals surface area contributed by atoms with E-state index >= 15 is 0 Å². The Bertz CT molecular complexity index is 630. The van der Waals surface area contributed by atoms with Gasteiger partial charge in [-0.25, -0.2) is 4.79 Å². The summed E-state index contributed by atoms with van der Waals surface area (Å²) in [5, 5.41) is 0.712. The zero-order valence-corrected chi connectivity index (χ0v) is 10.5. The Balaban J connectivity index is 2.21. The number of nitrogens with one attached hydrogen (secondary N) is 2. The van der Waals surface area contributed by atoms with Gasteiger partial charge in [-0.05, 0) is 12.1 Å². The van der Waals surface area contributed by atoms with Crippen molar-refractivity contribution in [3.05, 3.63) is 60.8 Å². The second-order valence-electron chi connectivity index (χ2n) is 3.45. The molecule has 1 aromatic heterocycles. The van der Waals surface area contributed by atoms with Crippen LogP contribution in [0.4, 0.5) is 0 Å². The van der Waals surface area contributed by atoms with Crippen molar-refractivity contribution in [3.8, 4) is 5.75 Å². The van der Waals surface area contributed by atoms with Crippen molar-refractivity contribution >= 4 is 23.2 Å². The molecule has 0 aliphatic heterocycles. The van der Waals surface area contributed by atoms with Crippen LogP contribution in [-0.4, -0.2) is 9.97 Å². The van der Waals surface area contributed by atoms with Gasteiger partial charge in [0, 0.05) is 6.07 Å². The highest BCUT2D eigenvalue weighted by atomic mass is 35.5. The maximum absolute atomic E-state index is 11.1. The first kappa shape index (κ1) is 12.7. The predicted octanol–water partition coefficient (Wildman–Crippen LogP) is 1.95. The van der Waals surface area contributed by atoms with Crippen molar-refractivity contribution in [1.29, 1.82) is 0 Å². The normalized spacial score (nSPS) is 10.3. The van der Waals surface area contributed by atoms with E-state index in [0.717, 1.165) is 0 Å². The Morgan fingerprint density at radius 2 is 1.78 bits per heavy atom. The first-order valence-electron chi connectivity index (χ1n) is 4.95. The van der Waals surface area contributed by atoms with Gasteiger partial charge in [0.2, 0.25) is 0 Å². The predicted molar refractivity (Wildman–Crippen MR) is 68.5 cm³/mol. The van der Waals surface area contributed by atoms with E-state index in [1.165, 1.54) is 6.07 Å². The summed E-state index contributed by atoms with van der Waals surface area (Å²) >= 11 is 11.8. The lowest BCUT2D eigenvalue weighted by atomic mass is 10.3. The molecule has 0 amide bonds. The fourth-order valence-corrected chi connectivity index (χ4v) is 1.87. The molecule has 0 unspecified atom stereocenters. The Hall–Kier alpha value is -1.72. The van der Waals surface area contributed by atoms with E-state index in [9.17, 15) is 9.59 Å². The van der Waals surface area contributed by atoms with E-state index in [1.807, 2.05) is 0 Å². The molecule has 0 bridgehead atoms. The van der Waals surface area contributed by atoms with Crippen LogP contribution in [0.3, 0.4) is 0 Å². The Kier molecular flexibility index (Phi) is 3.74. The average Bonchev–Trinajstić information content (AvgIpc) is 2.27. The first-order chi connectivity index (χ1) is 8.56. The van der Waals surface area contributed by atoms with Crippen molar-refractivity contribution in [3.63, 3.8) is 0 Å². The van der Waals surface area contributed by atoms with E-state index in [4.69, 9.17) is 27.9 Å². The third-order valence-electron chi connectivity index (χ3n) is 2.11. The zero-order chi connectivity index (χ0) is 13.1. The van der Waals surface area contributed by atoms with E-state index in [-0.39, 0.29) is 6.61 Å². The summed E-state index contributed by atoms with van der Waals surface area (Å²) in [5.41, 5.74) is -0.756. The van der Waals surface area contributed by atoms with Crippen LogP contribution in [0.5, 0.6) is 5.75 Å². The summed E-state index contributed by atoms with van der Waals surface area (Å²) in [5.74, 6) is 0.307. The highest BCUT2D eigenvalue weighted by Gasteiger charge is 2.07. The van der Waals surface area contributed by atoms with E-state index < -0.39 is 11.2 Å². The molecular weight excluding hydrogens is 279 g/mol. The lowest BCUT2D eigenvalue weighted by Gasteiger charge is -2.09. The number of H-pyrrole nitrogens is 2. The molecule has 94 valence electrons. The van der Waals surface area contributed by atoms with Gasteiger partial charge in [-0.3, -0.25) is 9.78 Å². The second-order valence-corrected chi connectivity index (χ2v) is 4.27. The molecule has 0 radical (unpaired) electrons. The lowest BCUT2D eigenvalue weighted by Crippen LogP contribution is -2.23. The molecule has 0 fully saturated rings. The van der Waals surface area contributed by atoms with Crippen LogP contribution in [0.1, 0.15) is 5.69 Å². The number of hydrogen-bond acceptors (Lipinski definition) is 3. The maximum Gasteiger partial charge on any atom is 0.326 e. The lowest BCUT2D eigenvalue weighted by molar-refractivity contribution is 0.301. The highest BCUT2D eigenvalue weighted by molar-refractivity contribution is 6.37. The van der Waals surface area contributed by atoms with Crippen LogP contribution in [0, 0.1) is 0 Å². The average molecular weight is 287 g/mol. The number of ether oxygens (including phenoxy) is 1. The van der Waals surface area contributed by atoms with Gasteiger partial charge < -0.3 is 9.72 Å². The first-order valence-corrected chi connectivity index (χ1v) is 5.71. The van der Waals surface area contributed by atoms with Gasteiger partial charge in [0.1, 0.15) is 6.61 Å². The fourth-order valence-electron chi connectivity index (χ4n) is 1.37. The second kappa shape index (κ2) is 5.29. The van der Waals surface area contributed by atoms with Gasteiger partial charge in [-0.1, -0.05) is 29.3 Å². The van der Waals surface area contributed by atoms with Gasteiger partial charge >= 0.3 is 5.69 Å². The number of aromatic amines is 2. The zero-order valence-electron chi connectivity index (χ0n) is 9.00. The Morgan fingerprint density at radius 3 is 2.39 bits per heavy atom. The van der Waals surface area contributed by atoms with E-state index in [0.29, 0.717) is 21.5 Å². The molecule has 0 aliphatic carbocycles. The number of aromatic nitrogens is 2. The van der Waals surface area contributed by atoms with E-state index in [1.54, 1.807) is 18.2 Å². The minimum absolute atomic E-state index is 0.0113. The van der Waals surface area contributed by atoms with Crippen LogP contribution < -0.4 is 16.0 Å². The van der Waals surface area contributed by atoms with Crippen LogP contribution in [0.15, 0.2) is 33.9 Å². The number of halogens is 2. The van der Waals surface area contributed by atoms with Crippen LogP contribution in [-0.2, 0) is 6.61 Å². The highest BCUT2D eigenvalue weighted by Crippen LogP contribution is 2.32. The van der Waals surface area contributed by atoms with Crippen molar-refractivity contribution in [2.45, 2.75) is 6.61 Å². The standard InChI is InChI=1S/C11H8Cl2N2O3/c12-7-2-1-3-8(13)10(7)18-5-6-4-9(16)15-11(17)14-6/h1-4H,5H2,(H2,14,15,16,17).